The van der Waals surface area contributed by atoms with E-state index in [1.54, 1.807) is 42.5 Å². The molecule has 1 amide bonds. The van der Waals surface area contributed by atoms with Crippen LogP contribution in [0.3, 0.4) is 0 Å². The Bertz CT molecular complexity index is 643. The number of carbonyl (C=O) groups excluding carboxylic acids is 1. The predicted octanol–water partition coefficient (Wildman–Crippen LogP) is 3.05. The van der Waals surface area contributed by atoms with Crippen molar-refractivity contribution in [3.8, 4) is 0 Å². The van der Waals surface area contributed by atoms with Crippen LogP contribution < -0.4 is 5.32 Å². The summed E-state index contributed by atoms with van der Waals surface area (Å²) in [7, 11) is 0. The maximum absolute atomic E-state index is 12.0. The molecule has 0 heterocycles. The van der Waals surface area contributed by atoms with Gasteiger partial charge in [0, 0.05) is 16.6 Å². The van der Waals surface area contributed by atoms with Gasteiger partial charge in [-0.1, -0.05) is 52.3 Å². The van der Waals surface area contributed by atoms with Crippen LogP contribution in [0.4, 0.5) is 0 Å². The molecule has 0 aliphatic heterocycles. The van der Waals surface area contributed by atoms with E-state index in [4.69, 9.17) is 0 Å². The molecule has 0 bridgehead atoms. The molecule has 0 saturated carbocycles. The van der Waals surface area contributed by atoms with Gasteiger partial charge in [-0.05, 0) is 23.8 Å². The van der Waals surface area contributed by atoms with Crippen LogP contribution in [0, 0.1) is 0 Å². The van der Waals surface area contributed by atoms with Crippen molar-refractivity contribution < 1.29 is 14.7 Å². The molecule has 0 aliphatic carbocycles. The van der Waals surface area contributed by atoms with Crippen molar-refractivity contribution in [1.29, 1.82) is 0 Å². The van der Waals surface area contributed by atoms with Crippen LogP contribution >= 0.6 is 15.9 Å². The van der Waals surface area contributed by atoms with Crippen LogP contribution in [0.2, 0.25) is 0 Å². The molecule has 21 heavy (non-hydrogen) atoms. The number of hydrogen-bond acceptors (Lipinski definition) is 2. The third-order valence-electron chi connectivity index (χ3n) is 3.05. The molecule has 108 valence electrons. The summed E-state index contributed by atoms with van der Waals surface area (Å²) in [5.41, 5.74) is 1.15. The second kappa shape index (κ2) is 7.04. The van der Waals surface area contributed by atoms with Crippen molar-refractivity contribution >= 4 is 27.8 Å². The minimum absolute atomic E-state index is 0.0463. The van der Waals surface area contributed by atoms with E-state index in [-0.39, 0.29) is 12.5 Å². The first-order chi connectivity index (χ1) is 10.1. The maximum Gasteiger partial charge on any atom is 0.312 e. The Morgan fingerprint density at radius 2 is 1.81 bits per heavy atom. The van der Waals surface area contributed by atoms with Crippen molar-refractivity contribution in [2.45, 2.75) is 5.92 Å². The molecule has 5 heteroatoms. The highest BCUT2D eigenvalue weighted by Crippen LogP contribution is 2.16. The second-order valence-electron chi connectivity index (χ2n) is 4.52. The van der Waals surface area contributed by atoms with Crippen LogP contribution in [0.5, 0.6) is 0 Å². The van der Waals surface area contributed by atoms with E-state index in [9.17, 15) is 14.7 Å². The van der Waals surface area contributed by atoms with Gasteiger partial charge in [0.25, 0.3) is 5.91 Å². The minimum atomic E-state index is -0.962. The van der Waals surface area contributed by atoms with E-state index >= 15 is 0 Å². The molecule has 2 aromatic rings. The Morgan fingerprint density at radius 1 is 1.10 bits per heavy atom. The first-order valence-corrected chi connectivity index (χ1v) is 7.19. The zero-order valence-corrected chi connectivity index (χ0v) is 12.7. The third kappa shape index (κ3) is 4.16. The summed E-state index contributed by atoms with van der Waals surface area (Å²) in [5.74, 6) is -2.02. The summed E-state index contributed by atoms with van der Waals surface area (Å²) in [4.78, 5) is 23.4. The lowest BCUT2D eigenvalue weighted by molar-refractivity contribution is -0.138. The normalized spacial score (nSPS) is 11.7. The van der Waals surface area contributed by atoms with Gasteiger partial charge in [-0.3, -0.25) is 9.59 Å². The third-order valence-corrected chi connectivity index (χ3v) is 3.55. The summed E-state index contributed by atoms with van der Waals surface area (Å²) in [6, 6.07) is 15.8. The Kier molecular flexibility index (Phi) is 5.11. The summed E-state index contributed by atoms with van der Waals surface area (Å²) < 4.78 is 0.799. The van der Waals surface area contributed by atoms with Gasteiger partial charge < -0.3 is 10.4 Å². The van der Waals surface area contributed by atoms with E-state index in [0.29, 0.717) is 11.1 Å². The number of aliphatic carboxylic acids is 1. The Hall–Kier alpha value is -2.14. The Balaban J connectivity index is 2.06. The first-order valence-electron chi connectivity index (χ1n) is 6.39. The standard InChI is InChI=1S/C16H14BrNO3/c17-13-8-4-7-12(9-13)15(19)18-10-14(16(20)21)11-5-2-1-3-6-11/h1-9,14H,10H2,(H,18,19)(H,20,21). The number of halogens is 1. The predicted molar refractivity (Wildman–Crippen MR) is 83.3 cm³/mol. The highest BCUT2D eigenvalue weighted by atomic mass is 79.9. The Labute approximate surface area is 130 Å². The van der Waals surface area contributed by atoms with Crippen molar-refractivity contribution in [2.75, 3.05) is 6.54 Å². The zero-order valence-electron chi connectivity index (χ0n) is 11.1. The summed E-state index contributed by atoms with van der Waals surface area (Å²) in [6.07, 6.45) is 0. The molecule has 0 saturated heterocycles. The smallest absolute Gasteiger partial charge is 0.312 e. The van der Waals surface area contributed by atoms with Crippen LogP contribution in [0.15, 0.2) is 59.1 Å². The molecule has 2 rings (SSSR count). The fourth-order valence-corrected chi connectivity index (χ4v) is 2.36. The van der Waals surface area contributed by atoms with E-state index in [2.05, 4.69) is 21.2 Å². The van der Waals surface area contributed by atoms with Crippen LogP contribution in [0.1, 0.15) is 21.8 Å². The molecule has 0 fully saturated rings. The fourth-order valence-electron chi connectivity index (χ4n) is 1.96. The van der Waals surface area contributed by atoms with Gasteiger partial charge in [-0.15, -0.1) is 0 Å². The number of rotatable bonds is 5. The zero-order chi connectivity index (χ0) is 15.2. The average molecular weight is 348 g/mol. The number of nitrogens with one attached hydrogen (secondary N) is 1. The number of carboxylic acids is 1. The number of amides is 1. The fraction of sp³-hybridized carbons (Fsp3) is 0.125. The topological polar surface area (TPSA) is 66.4 Å². The van der Waals surface area contributed by atoms with Gasteiger partial charge in [-0.2, -0.15) is 0 Å². The summed E-state index contributed by atoms with van der Waals surface area (Å²) in [6.45, 7) is 0.0463. The van der Waals surface area contributed by atoms with E-state index in [0.717, 1.165) is 4.47 Å². The second-order valence-corrected chi connectivity index (χ2v) is 5.44. The van der Waals surface area contributed by atoms with Gasteiger partial charge in [0.1, 0.15) is 0 Å². The quantitative estimate of drug-likeness (QED) is 0.873. The molecule has 1 unspecified atom stereocenters. The SMILES string of the molecule is O=C(NCC(C(=O)O)c1ccccc1)c1cccc(Br)c1. The molecule has 2 N–H and O–H groups in total. The number of carboxylic acid groups (broad SMARTS) is 1. The van der Waals surface area contributed by atoms with Crippen molar-refractivity contribution in [3.05, 3.63) is 70.2 Å². The molecular formula is C16H14BrNO3. The van der Waals surface area contributed by atoms with E-state index in [1.807, 2.05) is 12.1 Å². The van der Waals surface area contributed by atoms with Gasteiger partial charge in [0.15, 0.2) is 0 Å². The van der Waals surface area contributed by atoms with Gasteiger partial charge in [0.2, 0.25) is 0 Å². The monoisotopic (exact) mass is 347 g/mol. The van der Waals surface area contributed by atoms with Crippen LogP contribution in [-0.4, -0.2) is 23.5 Å². The van der Waals surface area contributed by atoms with E-state index in [1.165, 1.54) is 0 Å². The van der Waals surface area contributed by atoms with E-state index < -0.39 is 11.9 Å². The van der Waals surface area contributed by atoms with Crippen LogP contribution in [0.25, 0.3) is 0 Å². The van der Waals surface area contributed by atoms with Crippen molar-refractivity contribution in [2.24, 2.45) is 0 Å². The summed E-state index contributed by atoms with van der Waals surface area (Å²) in [5, 5.41) is 12.0. The van der Waals surface area contributed by atoms with Crippen molar-refractivity contribution in [3.63, 3.8) is 0 Å². The number of carbonyl (C=O) groups is 2. The number of hydrogen-bond donors (Lipinski definition) is 2. The molecule has 4 nitrogen and oxygen atoms in total. The molecule has 0 spiro atoms. The molecule has 2 aromatic carbocycles. The maximum atomic E-state index is 12.0. The first kappa shape index (κ1) is 15.3. The highest BCUT2D eigenvalue weighted by molar-refractivity contribution is 9.10. The van der Waals surface area contributed by atoms with Gasteiger partial charge in [0.05, 0.1) is 5.92 Å². The Morgan fingerprint density at radius 3 is 2.43 bits per heavy atom. The lowest BCUT2D eigenvalue weighted by Gasteiger charge is -2.14. The largest absolute Gasteiger partial charge is 0.481 e. The molecule has 0 radical (unpaired) electrons. The molecule has 0 aromatic heterocycles. The number of benzene rings is 2. The van der Waals surface area contributed by atoms with Crippen molar-refractivity contribution in [1.82, 2.24) is 5.32 Å². The highest BCUT2D eigenvalue weighted by Gasteiger charge is 2.20. The molecule has 1 atom stereocenters. The lowest BCUT2D eigenvalue weighted by atomic mass is 9.99. The molecular weight excluding hydrogens is 334 g/mol. The summed E-state index contributed by atoms with van der Waals surface area (Å²) >= 11 is 3.30. The van der Waals surface area contributed by atoms with Gasteiger partial charge in [-0.25, -0.2) is 0 Å². The average Bonchev–Trinajstić information content (AvgIpc) is 2.48. The van der Waals surface area contributed by atoms with Gasteiger partial charge >= 0.3 is 5.97 Å². The van der Waals surface area contributed by atoms with Crippen LogP contribution in [-0.2, 0) is 4.79 Å². The molecule has 0 aliphatic rings. The minimum Gasteiger partial charge on any atom is -0.481 e. The lowest BCUT2D eigenvalue weighted by Crippen LogP contribution is -2.31.